The molecule has 0 aliphatic heterocycles. The number of nitrogens with zero attached hydrogens (tertiary/aromatic N) is 1. The van der Waals surface area contributed by atoms with Gasteiger partial charge in [-0.25, -0.2) is 0 Å². The number of aliphatic hydroxyl groups excluding tert-OH is 1. The van der Waals surface area contributed by atoms with Gasteiger partial charge in [0.2, 0.25) is 0 Å². The zero-order chi connectivity index (χ0) is 17.0. The fourth-order valence-electron chi connectivity index (χ4n) is 2.36. The predicted molar refractivity (Wildman–Crippen MR) is 86.0 cm³/mol. The molecule has 0 radical (unpaired) electrons. The van der Waals surface area contributed by atoms with Crippen LogP contribution in [0.2, 0.25) is 0 Å². The summed E-state index contributed by atoms with van der Waals surface area (Å²) in [5.74, 6) is 0.807. The van der Waals surface area contributed by atoms with Crippen molar-refractivity contribution in [2.75, 3.05) is 13.7 Å². The van der Waals surface area contributed by atoms with Gasteiger partial charge in [-0.3, -0.25) is 10.1 Å². The summed E-state index contributed by atoms with van der Waals surface area (Å²) in [4.78, 5) is 10.7. The summed E-state index contributed by atoms with van der Waals surface area (Å²) in [6.07, 6.45) is -0.912. The molecular weight excluding hydrogens is 298 g/mol. The first-order valence-electron chi connectivity index (χ1n) is 7.13. The Kier molecular flexibility index (Phi) is 5.18. The molecule has 2 rings (SSSR count). The highest BCUT2D eigenvalue weighted by molar-refractivity contribution is 5.53. The van der Waals surface area contributed by atoms with E-state index in [2.05, 4.69) is 0 Å². The zero-order valence-electron chi connectivity index (χ0n) is 13.3. The fraction of sp³-hybridized carbons (Fsp3) is 0.294. The van der Waals surface area contributed by atoms with Gasteiger partial charge in [0.05, 0.1) is 12.0 Å². The zero-order valence-corrected chi connectivity index (χ0v) is 13.3. The van der Waals surface area contributed by atoms with Crippen LogP contribution in [0.25, 0.3) is 0 Å². The van der Waals surface area contributed by atoms with Crippen LogP contribution in [0.5, 0.6) is 11.5 Å². The highest BCUT2D eigenvalue weighted by Crippen LogP contribution is 2.33. The van der Waals surface area contributed by atoms with Gasteiger partial charge in [-0.1, -0.05) is 18.2 Å². The first-order valence-corrected chi connectivity index (χ1v) is 7.13. The van der Waals surface area contributed by atoms with Gasteiger partial charge in [0, 0.05) is 6.07 Å². The summed E-state index contributed by atoms with van der Waals surface area (Å²) in [5.41, 5.74) is 1.97. The molecule has 1 atom stereocenters. The summed E-state index contributed by atoms with van der Waals surface area (Å²) >= 11 is 0. The molecule has 0 amide bonds. The molecule has 6 nitrogen and oxygen atoms in total. The number of hydrogen-bond acceptors (Lipinski definition) is 5. The van der Waals surface area contributed by atoms with Crippen molar-refractivity contribution in [2.45, 2.75) is 20.0 Å². The maximum Gasteiger partial charge on any atom is 0.311 e. The lowest BCUT2D eigenvalue weighted by atomic mass is 10.1. The molecule has 0 heterocycles. The molecule has 0 saturated carbocycles. The van der Waals surface area contributed by atoms with Crippen LogP contribution in [0.4, 0.5) is 5.69 Å². The molecule has 0 aromatic heterocycles. The maximum absolute atomic E-state index is 11.2. The van der Waals surface area contributed by atoms with E-state index in [0.29, 0.717) is 16.9 Å². The SMILES string of the molecule is COc1cccc(C(O)COc2c(C)cc(C)cc2[N+](=O)[O-])c1. The smallest absolute Gasteiger partial charge is 0.311 e. The normalized spacial score (nSPS) is 11.8. The number of aryl methyl sites for hydroxylation is 2. The van der Waals surface area contributed by atoms with Gasteiger partial charge in [0.25, 0.3) is 0 Å². The van der Waals surface area contributed by atoms with E-state index in [9.17, 15) is 15.2 Å². The lowest BCUT2D eigenvalue weighted by Crippen LogP contribution is -2.11. The quantitative estimate of drug-likeness (QED) is 0.653. The molecule has 0 saturated heterocycles. The molecule has 1 unspecified atom stereocenters. The summed E-state index contributed by atoms with van der Waals surface area (Å²) in [7, 11) is 1.54. The number of nitro groups is 1. The lowest BCUT2D eigenvalue weighted by molar-refractivity contribution is -0.386. The van der Waals surface area contributed by atoms with Gasteiger partial charge in [0.1, 0.15) is 18.5 Å². The molecule has 2 aromatic carbocycles. The third kappa shape index (κ3) is 3.98. The Morgan fingerprint density at radius 1 is 1.26 bits per heavy atom. The Morgan fingerprint density at radius 3 is 2.65 bits per heavy atom. The topological polar surface area (TPSA) is 81.8 Å². The van der Waals surface area contributed by atoms with Crippen molar-refractivity contribution in [2.24, 2.45) is 0 Å². The number of methoxy groups -OCH3 is 1. The minimum atomic E-state index is -0.912. The molecule has 23 heavy (non-hydrogen) atoms. The average Bonchev–Trinajstić information content (AvgIpc) is 2.53. The van der Waals surface area contributed by atoms with Gasteiger partial charge in [0.15, 0.2) is 5.75 Å². The summed E-state index contributed by atoms with van der Waals surface area (Å²) < 4.78 is 10.7. The number of nitro benzene ring substituents is 1. The van der Waals surface area contributed by atoms with E-state index in [4.69, 9.17) is 9.47 Å². The van der Waals surface area contributed by atoms with Crippen LogP contribution in [0.15, 0.2) is 36.4 Å². The molecular formula is C17H19NO5. The first-order chi connectivity index (χ1) is 10.9. The highest BCUT2D eigenvalue weighted by atomic mass is 16.6. The van der Waals surface area contributed by atoms with E-state index in [0.717, 1.165) is 5.56 Å². The molecule has 1 N–H and O–H groups in total. The van der Waals surface area contributed by atoms with Gasteiger partial charge in [-0.05, 0) is 42.7 Å². The third-order valence-electron chi connectivity index (χ3n) is 3.46. The molecule has 0 aliphatic carbocycles. The Labute approximate surface area is 134 Å². The Bertz CT molecular complexity index is 714. The van der Waals surface area contributed by atoms with Gasteiger partial charge in [-0.2, -0.15) is 0 Å². The average molecular weight is 317 g/mol. The van der Waals surface area contributed by atoms with Crippen LogP contribution in [0.1, 0.15) is 22.8 Å². The van der Waals surface area contributed by atoms with Crippen molar-refractivity contribution >= 4 is 5.69 Å². The predicted octanol–water partition coefficient (Wildman–Crippen LogP) is 3.33. The standard InChI is InChI=1S/C17H19NO5/c1-11-7-12(2)17(15(8-11)18(20)21)23-10-16(19)13-5-4-6-14(9-13)22-3/h4-9,16,19H,10H2,1-3H3. The van der Waals surface area contributed by atoms with Crippen LogP contribution in [-0.2, 0) is 0 Å². The van der Waals surface area contributed by atoms with Crippen LogP contribution in [-0.4, -0.2) is 23.7 Å². The second-order valence-corrected chi connectivity index (χ2v) is 5.29. The third-order valence-corrected chi connectivity index (χ3v) is 3.46. The second-order valence-electron chi connectivity index (χ2n) is 5.29. The van der Waals surface area contributed by atoms with Gasteiger partial charge >= 0.3 is 5.69 Å². The largest absolute Gasteiger partial charge is 0.497 e. The van der Waals surface area contributed by atoms with Crippen molar-refractivity contribution in [3.8, 4) is 11.5 Å². The van der Waals surface area contributed by atoms with Crippen LogP contribution in [0, 0.1) is 24.0 Å². The summed E-state index contributed by atoms with van der Waals surface area (Å²) in [5, 5.41) is 21.4. The van der Waals surface area contributed by atoms with E-state index in [1.165, 1.54) is 6.07 Å². The number of benzene rings is 2. The Balaban J connectivity index is 2.18. The molecule has 0 fully saturated rings. The molecule has 2 aromatic rings. The van der Waals surface area contributed by atoms with E-state index < -0.39 is 11.0 Å². The minimum Gasteiger partial charge on any atom is -0.497 e. The lowest BCUT2D eigenvalue weighted by Gasteiger charge is -2.15. The molecule has 0 aliphatic rings. The summed E-state index contributed by atoms with van der Waals surface area (Å²) in [6.45, 7) is 3.44. The first kappa shape index (κ1) is 16.8. The van der Waals surface area contributed by atoms with Crippen molar-refractivity contribution in [1.82, 2.24) is 0 Å². The number of rotatable bonds is 6. The highest BCUT2D eigenvalue weighted by Gasteiger charge is 2.20. The van der Waals surface area contributed by atoms with Crippen molar-refractivity contribution in [1.29, 1.82) is 0 Å². The molecule has 0 spiro atoms. The van der Waals surface area contributed by atoms with E-state index in [1.54, 1.807) is 51.3 Å². The van der Waals surface area contributed by atoms with Crippen molar-refractivity contribution in [3.05, 3.63) is 63.2 Å². The van der Waals surface area contributed by atoms with Crippen LogP contribution < -0.4 is 9.47 Å². The van der Waals surface area contributed by atoms with Crippen molar-refractivity contribution < 1.29 is 19.5 Å². The maximum atomic E-state index is 11.2. The Morgan fingerprint density at radius 2 is 2.00 bits per heavy atom. The van der Waals surface area contributed by atoms with Crippen molar-refractivity contribution in [3.63, 3.8) is 0 Å². The van der Waals surface area contributed by atoms with E-state index >= 15 is 0 Å². The Hall–Kier alpha value is -2.60. The van der Waals surface area contributed by atoms with Gasteiger partial charge < -0.3 is 14.6 Å². The minimum absolute atomic E-state index is 0.0854. The van der Waals surface area contributed by atoms with E-state index in [-0.39, 0.29) is 18.0 Å². The molecule has 122 valence electrons. The second kappa shape index (κ2) is 7.11. The summed E-state index contributed by atoms with van der Waals surface area (Å²) in [6, 6.07) is 10.2. The monoisotopic (exact) mass is 317 g/mol. The van der Waals surface area contributed by atoms with Crippen LogP contribution in [0.3, 0.4) is 0 Å². The number of aliphatic hydroxyl groups is 1. The molecule has 0 bridgehead atoms. The molecule has 6 heteroatoms. The van der Waals surface area contributed by atoms with Crippen LogP contribution >= 0.6 is 0 Å². The van der Waals surface area contributed by atoms with E-state index in [1.807, 2.05) is 0 Å². The van der Waals surface area contributed by atoms with Gasteiger partial charge in [-0.15, -0.1) is 0 Å². The number of hydrogen-bond donors (Lipinski definition) is 1. The fourth-order valence-corrected chi connectivity index (χ4v) is 2.36. The number of ether oxygens (including phenoxy) is 2.